The third-order valence-electron chi connectivity index (χ3n) is 1.34. The molecule has 0 aliphatic heterocycles. The Balaban J connectivity index is 2.66. The molecule has 1 rings (SSSR count). The summed E-state index contributed by atoms with van der Waals surface area (Å²) in [6.45, 7) is 0. The van der Waals surface area contributed by atoms with Crippen LogP contribution in [0.3, 0.4) is 0 Å². The molecule has 0 bridgehead atoms. The van der Waals surface area contributed by atoms with E-state index in [0.717, 1.165) is 5.56 Å². The van der Waals surface area contributed by atoms with E-state index in [1.165, 1.54) is 6.08 Å². The van der Waals surface area contributed by atoms with E-state index in [9.17, 15) is 4.79 Å². The molecule has 0 atom stereocenters. The highest BCUT2D eigenvalue weighted by Crippen LogP contribution is 1.98. The summed E-state index contributed by atoms with van der Waals surface area (Å²) in [5, 5.41) is 0. The van der Waals surface area contributed by atoms with Crippen LogP contribution in [0.2, 0.25) is 0 Å². The van der Waals surface area contributed by atoms with Gasteiger partial charge in [-0.05, 0) is 17.7 Å². The molecule has 0 aromatic carbocycles. The number of hydrogen-bond acceptors (Lipinski definition) is 2. The van der Waals surface area contributed by atoms with Crippen LogP contribution in [0.5, 0.6) is 0 Å². The van der Waals surface area contributed by atoms with Gasteiger partial charge in [0, 0.05) is 18.5 Å². The SMILES string of the molecule is NC(N)=NC(=O)C=Cc1cccnc1. The highest BCUT2D eigenvalue weighted by atomic mass is 16.1. The molecule has 0 saturated heterocycles. The van der Waals surface area contributed by atoms with E-state index in [1.54, 1.807) is 24.5 Å². The molecular weight excluding hydrogens is 180 g/mol. The fraction of sp³-hybridized carbons (Fsp3) is 0. The van der Waals surface area contributed by atoms with E-state index in [4.69, 9.17) is 11.5 Å². The molecular formula is C9H10N4O. The summed E-state index contributed by atoms with van der Waals surface area (Å²) in [7, 11) is 0. The van der Waals surface area contributed by atoms with Gasteiger partial charge in [-0.1, -0.05) is 6.07 Å². The lowest BCUT2D eigenvalue weighted by atomic mass is 10.2. The highest BCUT2D eigenvalue weighted by Gasteiger charge is 1.92. The number of aliphatic imine (C=N–C) groups is 1. The average molecular weight is 190 g/mol. The minimum absolute atomic E-state index is 0.245. The second kappa shape index (κ2) is 4.76. The van der Waals surface area contributed by atoms with Crippen LogP contribution in [0.25, 0.3) is 6.08 Å². The van der Waals surface area contributed by atoms with Gasteiger partial charge < -0.3 is 11.5 Å². The van der Waals surface area contributed by atoms with Crippen LogP contribution in [0, 0.1) is 0 Å². The van der Waals surface area contributed by atoms with Crippen molar-refractivity contribution >= 4 is 17.9 Å². The number of hydrogen-bond donors (Lipinski definition) is 2. The Labute approximate surface area is 81.2 Å². The summed E-state index contributed by atoms with van der Waals surface area (Å²) in [6.07, 6.45) is 6.13. The van der Waals surface area contributed by atoms with E-state index in [2.05, 4.69) is 9.98 Å². The van der Waals surface area contributed by atoms with Crippen LogP contribution in [0.15, 0.2) is 35.6 Å². The molecule has 4 N–H and O–H groups in total. The van der Waals surface area contributed by atoms with E-state index in [-0.39, 0.29) is 5.96 Å². The number of aromatic nitrogens is 1. The number of guanidine groups is 1. The lowest BCUT2D eigenvalue weighted by Crippen LogP contribution is -2.23. The van der Waals surface area contributed by atoms with Crippen LogP contribution in [-0.2, 0) is 4.79 Å². The molecule has 14 heavy (non-hydrogen) atoms. The quantitative estimate of drug-likeness (QED) is 0.386. The Morgan fingerprint density at radius 1 is 1.50 bits per heavy atom. The predicted octanol–water partition coefficient (Wildman–Crippen LogP) is -0.105. The topological polar surface area (TPSA) is 94.4 Å². The lowest BCUT2D eigenvalue weighted by Gasteiger charge is -1.89. The smallest absolute Gasteiger partial charge is 0.272 e. The molecule has 1 amide bonds. The first kappa shape index (κ1) is 9.91. The average Bonchev–Trinajstić information content (AvgIpc) is 2.15. The Bertz CT molecular complexity index is 366. The number of carbonyl (C=O) groups excluding carboxylic acids is 1. The summed E-state index contributed by atoms with van der Waals surface area (Å²) in [6, 6.07) is 3.58. The first-order valence-corrected chi connectivity index (χ1v) is 3.90. The summed E-state index contributed by atoms with van der Waals surface area (Å²) < 4.78 is 0. The minimum Gasteiger partial charge on any atom is -0.370 e. The molecule has 1 aromatic heterocycles. The molecule has 0 fully saturated rings. The molecule has 72 valence electrons. The Kier molecular flexibility index (Phi) is 3.37. The minimum atomic E-state index is -0.492. The van der Waals surface area contributed by atoms with Crippen LogP contribution in [0.1, 0.15) is 5.56 Å². The maximum atomic E-state index is 11.0. The van der Waals surface area contributed by atoms with Gasteiger partial charge in [-0.3, -0.25) is 9.78 Å². The Morgan fingerprint density at radius 3 is 2.86 bits per heavy atom. The zero-order valence-corrected chi connectivity index (χ0v) is 7.42. The molecule has 0 aliphatic carbocycles. The van der Waals surface area contributed by atoms with Crippen LogP contribution < -0.4 is 11.5 Å². The molecule has 0 saturated carbocycles. The molecule has 1 aromatic rings. The number of nitrogens with two attached hydrogens (primary N) is 2. The van der Waals surface area contributed by atoms with Crippen LogP contribution in [-0.4, -0.2) is 16.9 Å². The summed E-state index contributed by atoms with van der Waals surface area (Å²) >= 11 is 0. The molecule has 5 nitrogen and oxygen atoms in total. The third kappa shape index (κ3) is 3.48. The molecule has 0 aliphatic rings. The van der Waals surface area contributed by atoms with Crippen molar-refractivity contribution in [2.45, 2.75) is 0 Å². The van der Waals surface area contributed by atoms with Crippen molar-refractivity contribution in [1.29, 1.82) is 0 Å². The second-order valence-corrected chi connectivity index (χ2v) is 2.49. The number of carbonyl (C=O) groups is 1. The van der Waals surface area contributed by atoms with Crippen molar-refractivity contribution in [1.82, 2.24) is 4.98 Å². The van der Waals surface area contributed by atoms with Crippen molar-refractivity contribution < 1.29 is 4.79 Å². The number of rotatable bonds is 2. The Hall–Kier alpha value is -2.17. The van der Waals surface area contributed by atoms with Gasteiger partial charge in [0.25, 0.3) is 5.91 Å². The Morgan fingerprint density at radius 2 is 2.29 bits per heavy atom. The summed E-state index contributed by atoms with van der Waals surface area (Å²) in [4.78, 5) is 18.2. The van der Waals surface area contributed by atoms with Gasteiger partial charge in [-0.25, -0.2) is 0 Å². The molecule has 5 heteroatoms. The predicted molar refractivity (Wildman–Crippen MR) is 54.1 cm³/mol. The zero-order valence-electron chi connectivity index (χ0n) is 7.42. The summed E-state index contributed by atoms with van der Waals surface area (Å²) in [5.41, 5.74) is 10.9. The van der Waals surface area contributed by atoms with Gasteiger partial charge >= 0.3 is 0 Å². The molecule has 1 heterocycles. The van der Waals surface area contributed by atoms with Gasteiger partial charge in [0.2, 0.25) is 0 Å². The van der Waals surface area contributed by atoms with E-state index < -0.39 is 5.91 Å². The van der Waals surface area contributed by atoms with Crippen LogP contribution >= 0.6 is 0 Å². The fourth-order valence-electron chi connectivity index (χ4n) is 0.807. The van der Waals surface area contributed by atoms with Crippen molar-refractivity contribution in [2.24, 2.45) is 16.5 Å². The lowest BCUT2D eigenvalue weighted by molar-refractivity contribution is -0.113. The highest BCUT2D eigenvalue weighted by molar-refractivity contribution is 5.99. The number of nitrogens with zero attached hydrogens (tertiary/aromatic N) is 2. The largest absolute Gasteiger partial charge is 0.370 e. The van der Waals surface area contributed by atoms with Crippen molar-refractivity contribution in [3.63, 3.8) is 0 Å². The van der Waals surface area contributed by atoms with Gasteiger partial charge in [0.05, 0.1) is 0 Å². The summed E-state index contributed by atoms with van der Waals surface area (Å²) in [5.74, 6) is -0.736. The maximum Gasteiger partial charge on any atom is 0.272 e. The standard InChI is InChI=1S/C9H10N4O/c10-9(11)13-8(14)4-3-7-2-1-5-12-6-7/h1-6H,(H4,10,11,13,14). The third-order valence-corrected chi connectivity index (χ3v) is 1.34. The van der Waals surface area contributed by atoms with E-state index in [0.29, 0.717) is 0 Å². The van der Waals surface area contributed by atoms with Gasteiger partial charge in [0.15, 0.2) is 5.96 Å². The van der Waals surface area contributed by atoms with E-state index >= 15 is 0 Å². The normalized spacial score (nSPS) is 10.0. The molecule has 0 unspecified atom stereocenters. The van der Waals surface area contributed by atoms with Gasteiger partial charge in [0.1, 0.15) is 0 Å². The first-order valence-electron chi connectivity index (χ1n) is 3.90. The van der Waals surface area contributed by atoms with Crippen LogP contribution in [0.4, 0.5) is 0 Å². The number of amides is 1. The van der Waals surface area contributed by atoms with Gasteiger partial charge in [-0.15, -0.1) is 0 Å². The molecule has 0 spiro atoms. The fourth-order valence-corrected chi connectivity index (χ4v) is 0.807. The second-order valence-electron chi connectivity index (χ2n) is 2.49. The van der Waals surface area contributed by atoms with Crippen molar-refractivity contribution in [3.8, 4) is 0 Å². The molecule has 0 radical (unpaired) electrons. The monoisotopic (exact) mass is 190 g/mol. The van der Waals surface area contributed by atoms with E-state index in [1.807, 2.05) is 6.07 Å². The van der Waals surface area contributed by atoms with Crippen molar-refractivity contribution in [3.05, 3.63) is 36.2 Å². The maximum absolute atomic E-state index is 11.0. The van der Waals surface area contributed by atoms with Gasteiger partial charge in [-0.2, -0.15) is 4.99 Å². The zero-order chi connectivity index (χ0) is 10.4. The van der Waals surface area contributed by atoms with Crippen molar-refractivity contribution in [2.75, 3.05) is 0 Å². The number of pyridine rings is 1. The first-order chi connectivity index (χ1) is 6.68.